The van der Waals surface area contributed by atoms with Crippen LogP contribution in [0.4, 0.5) is 0 Å². The molecule has 1 N–H and O–H groups in total. The smallest absolute Gasteiger partial charge is 0.310 e. The molecule has 0 aromatic rings. The van der Waals surface area contributed by atoms with Crippen LogP contribution in [0.3, 0.4) is 0 Å². The van der Waals surface area contributed by atoms with Crippen molar-refractivity contribution >= 4 is 11.8 Å². The molecule has 4 aliphatic rings. The molecule has 3 heteroatoms. The van der Waals surface area contributed by atoms with Crippen molar-refractivity contribution in [2.24, 2.45) is 22.7 Å². The normalized spacial score (nSPS) is 52.9. The molecule has 0 spiro atoms. The Bertz CT molecular complexity index is 298. The SMILES string of the molecule is CC(=O)C12CC3CC1(C(=O)O)CC3C2. The number of carbonyl (C=O) groups excluding carboxylic acids is 1. The number of carbonyl (C=O) groups is 2. The van der Waals surface area contributed by atoms with Gasteiger partial charge in [-0.1, -0.05) is 0 Å². The molecule has 76 valence electrons. The maximum Gasteiger partial charge on any atom is 0.310 e. The van der Waals surface area contributed by atoms with Gasteiger partial charge in [-0.2, -0.15) is 0 Å². The summed E-state index contributed by atoms with van der Waals surface area (Å²) < 4.78 is 0. The molecule has 4 fully saturated rings. The molecule has 2 unspecified atom stereocenters. The first-order valence-corrected chi connectivity index (χ1v) is 5.26. The van der Waals surface area contributed by atoms with Gasteiger partial charge in [-0.3, -0.25) is 9.59 Å². The monoisotopic (exact) mass is 194 g/mol. The second kappa shape index (κ2) is 2.05. The van der Waals surface area contributed by atoms with E-state index in [1.807, 2.05) is 0 Å². The number of ketones is 1. The number of Topliss-reactive ketones (excluding diaryl/α,β-unsaturated/α-hetero) is 1. The van der Waals surface area contributed by atoms with Crippen molar-refractivity contribution in [3.8, 4) is 0 Å². The molecule has 4 bridgehead atoms. The number of aliphatic carboxylic acids is 1. The van der Waals surface area contributed by atoms with Gasteiger partial charge in [0.05, 0.1) is 5.41 Å². The van der Waals surface area contributed by atoms with E-state index in [4.69, 9.17) is 0 Å². The highest BCUT2D eigenvalue weighted by Crippen LogP contribution is 2.76. The summed E-state index contributed by atoms with van der Waals surface area (Å²) in [5.74, 6) is 0.433. The lowest BCUT2D eigenvalue weighted by Crippen LogP contribution is -2.44. The molecule has 4 rings (SSSR count). The summed E-state index contributed by atoms with van der Waals surface area (Å²) in [4.78, 5) is 23.1. The van der Waals surface area contributed by atoms with Crippen LogP contribution in [-0.4, -0.2) is 16.9 Å². The summed E-state index contributed by atoms with van der Waals surface area (Å²) in [6, 6.07) is 0. The van der Waals surface area contributed by atoms with E-state index in [1.54, 1.807) is 6.92 Å². The zero-order valence-electron chi connectivity index (χ0n) is 8.25. The highest BCUT2D eigenvalue weighted by molar-refractivity contribution is 5.93. The highest BCUT2D eigenvalue weighted by atomic mass is 16.4. The van der Waals surface area contributed by atoms with Gasteiger partial charge >= 0.3 is 5.97 Å². The molecule has 14 heavy (non-hydrogen) atoms. The topological polar surface area (TPSA) is 54.4 Å². The van der Waals surface area contributed by atoms with Crippen molar-refractivity contribution in [2.75, 3.05) is 0 Å². The Morgan fingerprint density at radius 1 is 1.07 bits per heavy atom. The van der Waals surface area contributed by atoms with E-state index in [9.17, 15) is 14.7 Å². The zero-order chi connectivity index (χ0) is 10.1. The summed E-state index contributed by atoms with van der Waals surface area (Å²) in [5.41, 5.74) is -1.15. The van der Waals surface area contributed by atoms with Gasteiger partial charge in [-0.15, -0.1) is 0 Å². The van der Waals surface area contributed by atoms with Gasteiger partial charge in [0.15, 0.2) is 0 Å². The summed E-state index contributed by atoms with van der Waals surface area (Å²) in [6.45, 7) is 1.58. The fourth-order valence-corrected chi connectivity index (χ4v) is 4.55. The van der Waals surface area contributed by atoms with Gasteiger partial charge in [0.25, 0.3) is 0 Å². The molecule has 0 aromatic heterocycles. The van der Waals surface area contributed by atoms with Crippen molar-refractivity contribution in [3.05, 3.63) is 0 Å². The van der Waals surface area contributed by atoms with Crippen molar-refractivity contribution in [3.63, 3.8) is 0 Å². The van der Waals surface area contributed by atoms with Crippen LogP contribution in [0.15, 0.2) is 0 Å². The van der Waals surface area contributed by atoms with Gasteiger partial charge in [0.1, 0.15) is 5.78 Å². The molecule has 4 saturated carbocycles. The minimum atomic E-state index is -0.727. The lowest BCUT2D eigenvalue weighted by Gasteiger charge is -2.34. The Morgan fingerprint density at radius 3 is 1.79 bits per heavy atom. The van der Waals surface area contributed by atoms with Crippen LogP contribution in [-0.2, 0) is 9.59 Å². The molecule has 0 aliphatic heterocycles. The molecule has 0 saturated heterocycles. The Kier molecular flexibility index (Phi) is 1.23. The van der Waals surface area contributed by atoms with Crippen LogP contribution < -0.4 is 0 Å². The molecule has 3 nitrogen and oxygen atoms in total. The van der Waals surface area contributed by atoms with Crippen LogP contribution in [0, 0.1) is 22.7 Å². The third-order valence-electron chi connectivity index (χ3n) is 5.11. The lowest BCUT2D eigenvalue weighted by atomic mass is 9.66. The van der Waals surface area contributed by atoms with Gasteiger partial charge in [-0.05, 0) is 44.4 Å². The lowest BCUT2D eigenvalue weighted by molar-refractivity contribution is -0.158. The van der Waals surface area contributed by atoms with Crippen LogP contribution in [0.2, 0.25) is 0 Å². The Balaban J connectivity index is 2.16. The van der Waals surface area contributed by atoms with E-state index >= 15 is 0 Å². The highest BCUT2D eigenvalue weighted by Gasteiger charge is 2.76. The van der Waals surface area contributed by atoms with Crippen molar-refractivity contribution in [2.45, 2.75) is 32.6 Å². The largest absolute Gasteiger partial charge is 0.481 e. The fraction of sp³-hybridized carbons (Fsp3) is 0.818. The van der Waals surface area contributed by atoms with Crippen molar-refractivity contribution in [1.82, 2.24) is 0 Å². The predicted molar refractivity (Wildman–Crippen MR) is 48.6 cm³/mol. The third-order valence-corrected chi connectivity index (χ3v) is 5.11. The molecule has 4 aliphatic carbocycles. The fourth-order valence-electron chi connectivity index (χ4n) is 4.55. The first-order valence-electron chi connectivity index (χ1n) is 5.26. The van der Waals surface area contributed by atoms with E-state index in [2.05, 4.69) is 0 Å². The van der Waals surface area contributed by atoms with Gasteiger partial charge in [0, 0.05) is 5.41 Å². The molecule has 0 radical (unpaired) electrons. The summed E-state index contributed by atoms with van der Waals surface area (Å²) in [6.07, 6.45) is 3.21. The molecule has 0 aromatic carbocycles. The molecular formula is C11H14O3. The summed E-state index contributed by atoms with van der Waals surface area (Å²) in [5, 5.41) is 9.35. The number of carboxylic acids is 1. The zero-order valence-corrected chi connectivity index (χ0v) is 8.25. The molecule has 0 amide bonds. The number of carboxylic acid groups (broad SMARTS) is 1. The second-order valence-electron chi connectivity index (χ2n) is 5.36. The molecule has 0 heterocycles. The average Bonchev–Trinajstić information content (AvgIpc) is 2.69. The Hall–Kier alpha value is -0.860. The van der Waals surface area contributed by atoms with Crippen LogP contribution in [0.5, 0.6) is 0 Å². The summed E-state index contributed by atoms with van der Waals surface area (Å²) >= 11 is 0. The van der Waals surface area contributed by atoms with Gasteiger partial charge in [0.2, 0.25) is 0 Å². The third kappa shape index (κ3) is 0.588. The summed E-state index contributed by atoms with van der Waals surface area (Å²) in [7, 11) is 0. The second-order valence-corrected chi connectivity index (χ2v) is 5.36. The maximum absolute atomic E-state index is 11.7. The van der Waals surface area contributed by atoms with Gasteiger partial charge in [-0.25, -0.2) is 0 Å². The van der Waals surface area contributed by atoms with E-state index in [0.29, 0.717) is 11.8 Å². The number of hydrogen-bond acceptors (Lipinski definition) is 2. The quantitative estimate of drug-likeness (QED) is 0.724. The van der Waals surface area contributed by atoms with Crippen molar-refractivity contribution < 1.29 is 14.7 Å². The van der Waals surface area contributed by atoms with E-state index in [-0.39, 0.29) is 5.78 Å². The van der Waals surface area contributed by atoms with E-state index < -0.39 is 16.8 Å². The van der Waals surface area contributed by atoms with Crippen LogP contribution >= 0.6 is 0 Å². The number of rotatable bonds is 2. The first kappa shape index (κ1) is 8.45. The minimum absolute atomic E-state index is 0.113. The number of hydrogen-bond donors (Lipinski definition) is 1. The maximum atomic E-state index is 11.7. The van der Waals surface area contributed by atoms with E-state index in [0.717, 1.165) is 25.7 Å². The Morgan fingerprint density at radius 2 is 1.50 bits per heavy atom. The first-order chi connectivity index (χ1) is 6.52. The standard InChI is InChI=1S/C11H14O3/c1-6(12)10-2-7-4-11(10,9(13)14)5-8(7)3-10/h7-8H,2-5H2,1H3,(H,13,14). The molecule has 2 atom stereocenters. The van der Waals surface area contributed by atoms with E-state index in [1.165, 1.54) is 0 Å². The average molecular weight is 194 g/mol. The minimum Gasteiger partial charge on any atom is -0.481 e. The van der Waals surface area contributed by atoms with Crippen LogP contribution in [0.25, 0.3) is 0 Å². The Labute approximate surface area is 82.5 Å². The van der Waals surface area contributed by atoms with Crippen molar-refractivity contribution in [1.29, 1.82) is 0 Å². The van der Waals surface area contributed by atoms with Gasteiger partial charge < -0.3 is 5.11 Å². The molecular weight excluding hydrogens is 180 g/mol. The van der Waals surface area contributed by atoms with Crippen LogP contribution in [0.1, 0.15) is 32.6 Å². The predicted octanol–water partition coefficient (Wildman–Crippen LogP) is 1.47.